The van der Waals surface area contributed by atoms with Crippen molar-refractivity contribution in [1.29, 1.82) is 0 Å². The average Bonchev–Trinajstić information content (AvgIpc) is 2.64. The molecular weight excluding hydrogens is 302 g/mol. The number of methoxy groups -OCH3 is 1. The van der Waals surface area contributed by atoms with Crippen molar-refractivity contribution in [3.8, 4) is 0 Å². The number of hydrogen-bond donors (Lipinski definition) is 1. The van der Waals surface area contributed by atoms with E-state index >= 15 is 0 Å². The van der Waals surface area contributed by atoms with Gasteiger partial charge in [-0.3, -0.25) is 9.69 Å². The first-order chi connectivity index (χ1) is 11.7. The fraction of sp³-hybridized carbons (Fsp3) is 0.632. The van der Waals surface area contributed by atoms with E-state index in [-0.39, 0.29) is 5.97 Å². The van der Waals surface area contributed by atoms with Gasteiger partial charge >= 0.3 is 5.97 Å². The summed E-state index contributed by atoms with van der Waals surface area (Å²) in [6, 6.07) is 9.30. The number of nitrogens with one attached hydrogen (secondary N) is 1. The smallest absolute Gasteiger partial charge is 0.319 e. The van der Waals surface area contributed by atoms with Crippen LogP contribution < -0.4 is 10.2 Å². The van der Waals surface area contributed by atoms with E-state index < -0.39 is 0 Å². The van der Waals surface area contributed by atoms with Crippen LogP contribution in [-0.2, 0) is 9.53 Å². The maximum absolute atomic E-state index is 11.4. The van der Waals surface area contributed by atoms with Gasteiger partial charge in [0, 0.05) is 43.6 Å². The Morgan fingerprint density at radius 2 is 1.92 bits per heavy atom. The van der Waals surface area contributed by atoms with Crippen LogP contribution in [0.4, 0.5) is 11.4 Å². The number of rotatable bonds is 5. The van der Waals surface area contributed by atoms with Gasteiger partial charge in [-0.25, -0.2) is 0 Å². The lowest BCUT2D eigenvalue weighted by atomic mass is 10.0. The highest BCUT2D eigenvalue weighted by Gasteiger charge is 2.21. The molecular formula is C19H29N3O2. The van der Waals surface area contributed by atoms with Crippen LogP contribution in [0.5, 0.6) is 0 Å². The van der Waals surface area contributed by atoms with Gasteiger partial charge in [0.2, 0.25) is 0 Å². The van der Waals surface area contributed by atoms with E-state index in [0.29, 0.717) is 12.6 Å². The van der Waals surface area contributed by atoms with Crippen molar-refractivity contribution in [1.82, 2.24) is 4.90 Å². The van der Waals surface area contributed by atoms with Crippen molar-refractivity contribution in [3.63, 3.8) is 0 Å². The highest BCUT2D eigenvalue weighted by molar-refractivity contribution is 5.71. The summed E-state index contributed by atoms with van der Waals surface area (Å²) in [5.74, 6) is -0.143. The summed E-state index contributed by atoms with van der Waals surface area (Å²) in [7, 11) is 1.45. The molecule has 132 valence electrons. The lowest BCUT2D eigenvalue weighted by molar-refractivity contribution is -0.142. The second-order valence-electron chi connectivity index (χ2n) is 6.87. The summed E-state index contributed by atoms with van der Waals surface area (Å²) in [6.45, 7) is 4.65. The van der Waals surface area contributed by atoms with Crippen molar-refractivity contribution in [2.24, 2.45) is 0 Å². The third-order valence-corrected chi connectivity index (χ3v) is 5.11. The zero-order valence-corrected chi connectivity index (χ0v) is 14.7. The van der Waals surface area contributed by atoms with Gasteiger partial charge in [-0.15, -0.1) is 0 Å². The molecule has 2 heterocycles. The zero-order chi connectivity index (χ0) is 16.8. The molecule has 0 aliphatic carbocycles. The molecule has 24 heavy (non-hydrogen) atoms. The first kappa shape index (κ1) is 17.1. The highest BCUT2D eigenvalue weighted by Crippen LogP contribution is 2.24. The topological polar surface area (TPSA) is 44.8 Å². The Labute approximate surface area is 145 Å². The van der Waals surface area contributed by atoms with Gasteiger partial charge in [0.05, 0.1) is 13.7 Å². The van der Waals surface area contributed by atoms with E-state index in [1.807, 2.05) is 0 Å². The van der Waals surface area contributed by atoms with Crippen LogP contribution in [-0.4, -0.2) is 56.7 Å². The molecule has 0 amide bonds. The fourth-order valence-corrected chi connectivity index (χ4v) is 3.66. The first-order valence-corrected chi connectivity index (χ1v) is 9.15. The number of esters is 1. The Morgan fingerprint density at radius 3 is 2.62 bits per heavy atom. The summed E-state index contributed by atoms with van der Waals surface area (Å²) in [5.41, 5.74) is 2.55. The van der Waals surface area contributed by atoms with E-state index in [1.165, 1.54) is 50.8 Å². The third-order valence-electron chi connectivity index (χ3n) is 5.11. The van der Waals surface area contributed by atoms with Gasteiger partial charge in [0.15, 0.2) is 0 Å². The maximum Gasteiger partial charge on any atom is 0.319 e. The molecule has 0 radical (unpaired) electrons. The molecule has 3 rings (SSSR count). The molecule has 0 bridgehead atoms. The quantitative estimate of drug-likeness (QED) is 0.841. The molecule has 2 aliphatic heterocycles. The van der Waals surface area contributed by atoms with Crippen molar-refractivity contribution in [2.75, 3.05) is 50.1 Å². The number of carbonyl (C=O) groups excluding carboxylic acids is 1. The molecule has 5 nitrogen and oxygen atoms in total. The Balaban J connectivity index is 1.51. The number of anilines is 2. The van der Waals surface area contributed by atoms with Crippen LogP contribution in [0.2, 0.25) is 0 Å². The Morgan fingerprint density at radius 1 is 1.17 bits per heavy atom. The predicted molar refractivity (Wildman–Crippen MR) is 97.6 cm³/mol. The second kappa shape index (κ2) is 8.38. The molecule has 1 aromatic carbocycles. The number of piperidine rings is 2. The third kappa shape index (κ3) is 4.63. The number of nitrogens with zero attached hydrogens (tertiary/aromatic N) is 2. The highest BCUT2D eigenvalue weighted by atomic mass is 16.5. The lowest BCUT2D eigenvalue weighted by Gasteiger charge is -2.33. The summed E-state index contributed by atoms with van der Waals surface area (Å²) >= 11 is 0. The van der Waals surface area contributed by atoms with E-state index in [1.54, 1.807) is 0 Å². The zero-order valence-electron chi connectivity index (χ0n) is 14.7. The van der Waals surface area contributed by atoms with Crippen molar-refractivity contribution < 1.29 is 9.53 Å². The van der Waals surface area contributed by atoms with Crippen LogP contribution >= 0.6 is 0 Å². The minimum absolute atomic E-state index is 0.143. The van der Waals surface area contributed by atoms with Crippen molar-refractivity contribution >= 4 is 17.3 Å². The standard InChI is InChI=1S/C19H29N3O2/c1-24-19(23)15-21-12-8-16(9-13-21)20-17-6-5-7-18(14-17)22-10-3-2-4-11-22/h5-7,14,16,20H,2-4,8-13,15H2,1H3. The van der Waals surface area contributed by atoms with Crippen LogP contribution in [0.1, 0.15) is 32.1 Å². The predicted octanol–water partition coefficient (Wildman–Crippen LogP) is 2.73. The minimum Gasteiger partial charge on any atom is -0.468 e. The summed E-state index contributed by atoms with van der Waals surface area (Å²) in [4.78, 5) is 16.0. The van der Waals surface area contributed by atoms with Gasteiger partial charge in [-0.05, 0) is 50.3 Å². The van der Waals surface area contributed by atoms with Gasteiger partial charge in [0.25, 0.3) is 0 Å². The molecule has 1 aromatic rings. The molecule has 5 heteroatoms. The number of hydrogen-bond acceptors (Lipinski definition) is 5. The molecule has 0 unspecified atom stereocenters. The van der Waals surface area contributed by atoms with E-state index in [9.17, 15) is 4.79 Å². The van der Waals surface area contributed by atoms with E-state index in [4.69, 9.17) is 4.74 Å². The minimum atomic E-state index is -0.143. The Kier molecular flexibility index (Phi) is 5.96. The van der Waals surface area contributed by atoms with Gasteiger partial charge in [-0.2, -0.15) is 0 Å². The lowest BCUT2D eigenvalue weighted by Crippen LogP contribution is -2.41. The first-order valence-electron chi connectivity index (χ1n) is 9.15. The van der Waals surface area contributed by atoms with E-state index in [0.717, 1.165) is 25.9 Å². The van der Waals surface area contributed by atoms with Crippen molar-refractivity contribution in [3.05, 3.63) is 24.3 Å². The van der Waals surface area contributed by atoms with Crippen LogP contribution in [0.15, 0.2) is 24.3 Å². The van der Waals surface area contributed by atoms with Crippen LogP contribution in [0.25, 0.3) is 0 Å². The fourth-order valence-electron chi connectivity index (χ4n) is 3.66. The second-order valence-corrected chi connectivity index (χ2v) is 6.87. The van der Waals surface area contributed by atoms with Crippen LogP contribution in [0.3, 0.4) is 0 Å². The molecule has 0 aromatic heterocycles. The Bertz CT molecular complexity index is 535. The Hall–Kier alpha value is -1.75. The molecule has 1 N–H and O–H groups in total. The average molecular weight is 331 g/mol. The number of benzene rings is 1. The number of carbonyl (C=O) groups is 1. The monoisotopic (exact) mass is 331 g/mol. The largest absolute Gasteiger partial charge is 0.468 e. The molecule has 0 spiro atoms. The SMILES string of the molecule is COC(=O)CN1CCC(Nc2cccc(N3CCCCC3)c2)CC1. The van der Waals surface area contributed by atoms with Crippen LogP contribution in [0, 0.1) is 0 Å². The maximum atomic E-state index is 11.4. The van der Waals surface area contributed by atoms with Gasteiger partial charge < -0.3 is 15.0 Å². The summed E-state index contributed by atoms with van der Waals surface area (Å²) < 4.78 is 4.75. The molecule has 2 saturated heterocycles. The van der Waals surface area contributed by atoms with Crippen molar-refractivity contribution in [2.45, 2.75) is 38.1 Å². The molecule has 0 atom stereocenters. The molecule has 2 aliphatic rings. The van der Waals surface area contributed by atoms with Gasteiger partial charge in [0.1, 0.15) is 0 Å². The normalized spacial score (nSPS) is 20.0. The molecule has 2 fully saturated rings. The summed E-state index contributed by atoms with van der Waals surface area (Å²) in [6.07, 6.45) is 6.08. The number of ether oxygens (including phenoxy) is 1. The number of likely N-dealkylation sites (tertiary alicyclic amines) is 1. The summed E-state index contributed by atoms with van der Waals surface area (Å²) in [5, 5.41) is 3.68. The van der Waals surface area contributed by atoms with Gasteiger partial charge in [-0.1, -0.05) is 6.07 Å². The van der Waals surface area contributed by atoms with E-state index in [2.05, 4.69) is 39.4 Å². The molecule has 0 saturated carbocycles.